The number of aromatic nitrogens is 6. The average molecular weight is 367 g/mol. The number of fused-ring (bicyclic) bond motifs is 1. The molecule has 138 valence electrons. The van der Waals surface area contributed by atoms with E-state index < -0.39 is 5.91 Å². The van der Waals surface area contributed by atoms with Crippen LogP contribution in [-0.2, 0) is 6.54 Å². The topological polar surface area (TPSA) is 138 Å². The van der Waals surface area contributed by atoms with Crippen molar-refractivity contribution in [3.05, 3.63) is 35.6 Å². The van der Waals surface area contributed by atoms with Gasteiger partial charge >= 0.3 is 0 Å². The molecule has 4 rings (SSSR count). The van der Waals surface area contributed by atoms with Crippen LogP contribution in [-0.4, -0.2) is 40.5 Å². The van der Waals surface area contributed by atoms with Crippen LogP contribution in [0.2, 0.25) is 0 Å². The van der Waals surface area contributed by atoms with Gasteiger partial charge in [-0.15, -0.1) is 0 Å². The number of pyridine rings is 1. The van der Waals surface area contributed by atoms with Gasteiger partial charge in [0.05, 0.1) is 11.7 Å². The second-order valence-corrected chi connectivity index (χ2v) is 6.08. The number of carbonyl (C=O) groups is 1. The minimum atomic E-state index is -0.648. The van der Waals surface area contributed by atoms with E-state index in [2.05, 4.69) is 20.2 Å². The van der Waals surface area contributed by atoms with Gasteiger partial charge in [-0.3, -0.25) is 14.5 Å². The lowest BCUT2D eigenvalue weighted by Crippen LogP contribution is -2.12. The Morgan fingerprint density at radius 2 is 2.11 bits per heavy atom. The van der Waals surface area contributed by atoms with Gasteiger partial charge < -0.3 is 15.3 Å². The SMILES string of the molecule is CCn1nc(C)c(O)c1-c1nc(-n2nc(C(N)=O)c3cc(C)ncc32)co1. The molecule has 0 saturated carbocycles. The van der Waals surface area contributed by atoms with Crippen molar-refractivity contribution in [1.82, 2.24) is 29.5 Å². The van der Waals surface area contributed by atoms with Crippen molar-refractivity contribution < 1.29 is 14.3 Å². The van der Waals surface area contributed by atoms with Crippen molar-refractivity contribution in [3.63, 3.8) is 0 Å². The van der Waals surface area contributed by atoms with Crippen molar-refractivity contribution in [2.45, 2.75) is 27.3 Å². The summed E-state index contributed by atoms with van der Waals surface area (Å²) in [5.74, 6) is -0.126. The number of amides is 1. The monoisotopic (exact) mass is 367 g/mol. The third kappa shape index (κ3) is 2.53. The van der Waals surface area contributed by atoms with E-state index in [1.807, 2.05) is 13.8 Å². The molecule has 0 aliphatic rings. The van der Waals surface area contributed by atoms with E-state index in [-0.39, 0.29) is 17.3 Å². The minimum absolute atomic E-state index is 0.00527. The quantitative estimate of drug-likeness (QED) is 0.560. The molecule has 0 aliphatic carbocycles. The number of oxazole rings is 1. The van der Waals surface area contributed by atoms with Crippen LogP contribution < -0.4 is 5.73 Å². The van der Waals surface area contributed by atoms with Crippen LogP contribution in [0.15, 0.2) is 22.9 Å². The summed E-state index contributed by atoms with van der Waals surface area (Å²) in [5.41, 5.74) is 7.73. The second-order valence-electron chi connectivity index (χ2n) is 6.08. The molecule has 0 atom stereocenters. The molecule has 10 heteroatoms. The molecule has 27 heavy (non-hydrogen) atoms. The summed E-state index contributed by atoms with van der Waals surface area (Å²) < 4.78 is 8.59. The Labute approximate surface area is 153 Å². The highest BCUT2D eigenvalue weighted by Gasteiger charge is 2.23. The molecule has 4 aromatic rings. The second kappa shape index (κ2) is 5.94. The Balaban J connectivity index is 1.89. The largest absolute Gasteiger partial charge is 0.504 e. The van der Waals surface area contributed by atoms with Crippen molar-refractivity contribution in [1.29, 1.82) is 0 Å². The summed E-state index contributed by atoms with van der Waals surface area (Å²) in [7, 11) is 0. The first-order valence-corrected chi connectivity index (χ1v) is 8.28. The molecular formula is C17H17N7O3. The molecule has 0 aliphatic heterocycles. The lowest BCUT2D eigenvalue weighted by molar-refractivity contribution is 0.0996. The van der Waals surface area contributed by atoms with Crippen LogP contribution in [0.5, 0.6) is 5.75 Å². The zero-order valence-corrected chi connectivity index (χ0v) is 15.0. The molecule has 1 amide bonds. The van der Waals surface area contributed by atoms with Crippen molar-refractivity contribution >= 4 is 16.8 Å². The van der Waals surface area contributed by atoms with Crippen molar-refractivity contribution in [3.8, 4) is 23.2 Å². The first kappa shape index (κ1) is 16.8. The molecule has 3 N–H and O–H groups in total. The van der Waals surface area contributed by atoms with E-state index in [1.165, 1.54) is 10.9 Å². The highest BCUT2D eigenvalue weighted by atomic mass is 16.3. The Hall–Kier alpha value is -3.69. The lowest BCUT2D eigenvalue weighted by atomic mass is 10.2. The van der Waals surface area contributed by atoms with Gasteiger partial charge in [-0.2, -0.15) is 15.2 Å². The number of hydrogen-bond acceptors (Lipinski definition) is 7. The van der Waals surface area contributed by atoms with Gasteiger partial charge in [-0.1, -0.05) is 0 Å². The van der Waals surface area contributed by atoms with Gasteiger partial charge in [0.2, 0.25) is 0 Å². The van der Waals surface area contributed by atoms with Crippen LogP contribution in [0, 0.1) is 13.8 Å². The molecule has 10 nitrogen and oxygen atoms in total. The molecule has 0 radical (unpaired) electrons. The first-order valence-electron chi connectivity index (χ1n) is 8.28. The Kier molecular flexibility index (Phi) is 3.69. The van der Waals surface area contributed by atoms with Crippen molar-refractivity contribution in [2.24, 2.45) is 5.73 Å². The van der Waals surface area contributed by atoms with E-state index in [0.717, 1.165) is 5.69 Å². The summed E-state index contributed by atoms with van der Waals surface area (Å²) >= 11 is 0. The molecule has 0 saturated heterocycles. The van der Waals surface area contributed by atoms with E-state index in [0.29, 0.717) is 34.7 Å². The third-order valence-electron chi connectivity index (χ3n) is 4.24. The number of rotatable bonds is 4. The van der Waals surface area contributed by atoms with Gasteiger partial charge in [0.25, 0.3) is 11.8 Å². The minimum Gasteiger partial charge on any atom is -0.504 e. The highest BCUT2D eigenvalue weighted by Crippen LogP contribution is 2.32. The first-order chi connectivity index (χ1) is 12.9. The van der Waals surface area contributed by atoms with E-state index in [4.69, 9.17) is 10.2 Å². The average Bonchev–Trinajstić information content (AvgIpc) is 3.31. The summed E-state index contributed by atoms with van der Waals surface area (Å²) in [5, 5.41) is 19.4. The molecule has 4 aromatic heterocycles. The van der Waals surface area contributed by atoms with E-state index >= 15 is 0 Å². The maximum absolute atomic E-state index is 11.8. The molecule has 0 bridgehead atoms. The Bertz CT molecular complexity index is 1190. The smallest absolute Gasteiger partial charge is 0.269 e. The van der Waals surface area contributed by atoms with E-state index in [1.54, 1.807) is 23.9 Å². The zero-order valence-electron chi connectivity index (χ0n) is 15.0. The summed E-state index contributed by atoms with van der Waals surface area (Å²) in [6, 6.07) is 1.74. The number of nitrogens with two attached hydrogens (primary N) is 1. The molecule has 0 unspecified atom stereocenters. The summed E-state index contributed by atoms with van der Waals surface area (Å²) in [6.07, 6.45) is 2.98. The van der Waals surface area contributed by atoms with Gasteiger partial charge in [-0.05, 0) is 26.8 Å². The summed E-state index contributed by atoms with van der Waals surface area (Å²) in [6.45, 7) is 5.94. The number of aryl methyl sites for hydroxylation is 3. The third-order valence-corrected chi connectivity index (χ3v) is 4.24. The number of aromatic hydroxyl groups is 1. The number of hydrogen-bond donors (Lipinski definition) is 2. The van der Waals surface area contributed by atoms with Gasteiger partial charge in [-0.25, -0.2) is 4.68 Å². The van der Waals surface area contributed by atoms with Crippen LogP contribution in [0.1, 0.15) is 28.8 Å². The van der Waals surface area contributed by atoms with Crippen LogP contribution in [0.4, 0.5) is 0 Å². The predicted octanol–water partition coefficient (Wildman–Crippen LogP) is 1.71. The molecule has 0 aromatic carbocycles. The van der Waals surface area contributed by atoms with Gasteiger partial charge in [0, 0.05) is 17.6 Å². The number of primary amides is 1. The van der Waals surface area contributed by atoms with Gasteiger partial charge in [0.15, 0.2) is 23.0 Å². The molecule has 0 spiro atoms. The number of carbonyl (C=O) groups excluding carboxylic acids is 1. The Morgan fingerprint density at radius 1 is 1.33 bits per heavy atom. The zero-order chi connectivity index (χ0) is 19.3. The highest BCUT2D eigenvalue weighted by molar-refractivity contribution is 6.04. The van der Waals surface area contributed by atoms with E-state index in [9.17, 15) is 9.90 Å². The maximum Gasteiger partial charge on any atom is 0.269 e. The molecule has 4 heterocycles. The molecular weight excluding hydrogens is 350 g/mol. The Morgan fingerprint density at radius 3 is 2.81 bits per heavy atom. The predicted molar refractivity (Wildman–Crippen MR) is 95.5 cm³/mol. The number of nitrogens with zero attached hydrogens (tertiary/aromatic N) is 6. The molecule has 0 fully saturated rings. The fourth-order valence-corrected chi connectivity index (χ4v) is 2.96. The van der Waals surface area contributed by atoms with Crippen LogP contribution in [0.3, 0.4) is 0 Å². The fourth-order valence-electron chi connectivity index (χ4n) is 2.96. The normalized spacial score (nSPS) is 11.4. The summed E-state index contributed by atoms with van der Waals surface area (Å²) in [4.78, 5) is 20.4. The van der Waals surface area contributed by atoms with Crippen LogP contribution >= 0.6 is 0 Å². The maximum atomic E-state index is 11.8. The van der Waals surface area contributed by atoms with Crippen molar-refractivity contribution in [2.75, 3.05) is 0 Å². The standard InChI is InChI=1S/C17H17N7O3/c1-4-23-14(15(25)9(3)21-23)17-20-12(7-27-17)24-11-6-19-8(2)5-10(11)13(22-24)16(18)26/h5-7,25H,4H2,1-3H3,(H2,18,26). The van der Waals surface area contributed by atoms with Gasteiger partial charge in [0.1, 0.15) is 12.0 Å². The lowest BCUT2D eigenvalue weighted by Gasteiger charge is -2.00. The van der Waals surface area contributed by atoms with Crippen LogP contribution in [0.25, 0.3) is 28.3 Å². The fraction of sp³-hybridized carbons (Fsp3) is 0.235.